The van der Waals surface area contributed by atoms with E-state index in [1.807, 2.05) is 50.2 Å². The van der Waals surface area contributed by atoms with E-state index in [4.69, 9.17) is 12.2 Å². The second-order valence-electron chi connectivity index (χ2n) is 4.27. The standard InChI is InChI=1S/C15H17N3OS/c1-3-17(4-2)15(19)18-13(10-11-16-14(18)20)12-8-6-5-7-9-12/h5-11H,3-4H2,1-2H3. The summed E-state index contributed by atoms with van der Waals surface area (Å²) >= 11 is 5.24. The van der Waals surface area contributed by atoms with Crippen LogP contribution in [-0.4, -0.2) is 33.6 Å². The molecule has 0 saturated heterocycles. The topological polar surface area (TPSA) is 38.1 Å². The molecule has 0 spiro atoms. The SMILES string of the molecule is CCN(CC)C(=O)n1c(-c2ccccc2)ccnc1=S. The molecule has 4 nitrogen and oxygen atoms in total. The smallest absolute Gasteiger partial charge is 0.325 e. The average Bonchev–Trinajstić information content (AvgIpc) is 2.49. The number of rotatable bonds is 3. The molecule has 0 bridgehead atoms. The van der Waals surface area contributed by atoms with E-state index in [1.54, 1.807) is 11.1 Å². The maximum Gasteiger partial charge on any atom is 0.330 e. The Kier molecular flexibility index (Phi) is 4.63. The first kappa shape index (κ1) is 14.4. The van der Waals surface area contributed by atoms with Crippen LogP contribution < -0.4 is 0 Å². The number of nitrogens with zero attached hydrogens (tertiary/aromatic N) is 3. The minimum absolute atomic E-state index is 0.132. The van der Waals surface area contributed by atoms with Crippen LogP contribution in [0.25, 0.3) is 11.3 Å². The highest BCUT2D eigenvalue weighted by molar-refractivity contribution is 7.71. The molecule has 0 saturated carbocycles. The maximum atomic E-state index is 12.6. The summed E-state index contributed by atoms with van der Waals surface area (Å²) in [6.45, 7) is 5.17. The number of amides is 1. The molecule has 0 aliphatic carbocycles. The Labute approximate surface area is 123 Å². The van der Waals surface area contributed by atoms with Crippen LogP contribution in [0, 0.1) is 4.77 Å². The fourth-order valence-corrected chi connectivity index (χ4v) is 2.30. The van der Waals surface area contributed by atoms with Crippen LogP contribution in [0.5, 0.6) is 0 Å². The molecular formula is C15H17N3OS. The normalized spacial score (nSPS) is 10.3. The number of aromatic nitrogens is 2. The Balaban J connectivity index is 2.58. The molecule has 0 radical (unpaired) electrons. The molecule has 0 N–H and O–H groups in total. The number of carbonyl (C=O) groups is 1. The summed E-state index contributed by atoms with van der Waals surface area (Å²) in [7, 11) is 0. The zero-order chi connectivity index (χ0) is 14.5. The van der Waals surface area contributed by atoms with Crippen molar-refractivity contribution in [2.75, 3.05) is 13.1 Å². The summed E-state index contributed by atoms with van der Waals surface area (Å²) in [5, 5.41) is 0. The Hall–Kier alpha value is -2.01. The van der Waals surface area contributed by atoms with Crippen molar-refractivity contribution in [3.05, 3.63) is 47.4 Å². The summed E-state index contributed by atoms with van der Waals surface area (Å²) in [5.41, 5.74) is 1.71. The summed E-state index contributed by atoms with van der Waals surface area (Å²) in [6, 6.07) is 11.4. The van der Waals surface area contributed by atoms with E-state index in [0.717, 1.165) is 11.3 Å². The van der Waals surface area contributed by atoms with Gasteiger partial charge in [-0.05, 0) is 37.7 Å². The molecule has 0 atom stereocenters. The van der Waals surface area contributed by atoms with Gasteiger partial charge in [0.25, 0.3) is 0 Å². The molecule has 104 valence electrons. The van der Waals surface area contributed by atoms with Gasteiger partial charge in [-0.15, -0.1) is 0 Å². The first-order chi connectivity index (χ1) is 9.69. The molecule has 1 heterocycles. The molecule has 1 amide bonds. The van der Waals surface area contributed by atoms with Crippen LogP contribution in [0.1, 0.15) is 13.8 Å². The lowest BCUT2D eigenvalue weighted by Crippen LogP contribution is -2.35. The van der Waals surface area contributed by atoms with Gasteiger partial charge in [-0.3, -0.25) is 0 Å². The lowest BCUT2D eigenvalue weighted by atomic mass is 10.1. The van der Waals surface area contributed by atoms with Crippen molar-refractivity contribution in [1.29, 1.82) is 0 Å². The van der Waals surface area contributed by atoms with Crippen LogP contribution in [0.4, 0.5) is 4.79 Å². The third kappa shape index (κ3) is 2.77. The van der Waals surface area contributed by atoms with E-state index < -0.39 is 0 Å². The van der Waals surface area contributed by atoms with Gasteiger partial charge in [0.05, 0.1) is 5.69 Å². The largest absolute Gasteiger partial charge is 0.330 e. The first-order valence-electron chi connectivity index (χ1n) is 6.61. The number of benzene rings is 1. The van der Waals surface area contributed by atoms with Gasteiger partial charge in [0.2, 0.25) is 4.77 Å². The van der Waals surface area contributed by atoms with Gasteiger partial charge in [0.1, 0.15) is 0 Å². The Morgan fingerprint density at radius 2 is 1.85 bits per heavy atom. The Morgan fingerprint density at radius 1 is 1.20 bits per heavy atom. The van der Waals surface area contributed by atoms with Crippen molar-refractivity contribution < 1.29 is 4.79 Å². The van der Waals surface area contributed by atoms with Crippen LogP contribution in [0.15, 0.2) is 42.6 Å². The van der Waals surface area contributed by atoms with E-state index in [9.17, 15) is 4.79 Å². The molecule has 0 aliphatic heterocycles. The molecule has 5 heteroatoms. The second kappa shape index (κ2) is 6.43. The minimum Gasteiger partial charge on any atom is -0.325 e. The molecule has 1 aromatic carbocycles. The third-order valence-electron chi connectivity index (χ3n) is 3.14. The van der Waals surface area contributed by atoms with E-state index in [0.29, 0.717) is 13.1 Å². The fourth-order valence-electron chi connectivity index (χ4n) is 2.06. The van der Waals surface area contributed by atoms with Crippen LogP contribution >= 0.6 is 12.2 Å². The third-order valence-corrected chi connectivity index (χ3v) is 3.43. The number of hydrogen-bond acceptors (Lipinski definition) is 3. The maximum absolute atomic E-state index is 12.6. The van der Waals surface area contributed by atoms with E-state index in [-0.39, 0.29) is 10.8 Å². The molecular weight excluding hydrogens is 270 g/mol. The Morgan fingerprint density at radius 3 is 2.45 bits per heavy atom. The molecule has 2 aromatic rings. The summed E-state index contributed by atoms with van der Waals surface area (Å²) in [5.74, 6) is 0. The van der Waals surface area contributed by atoms with Gasteiger partial charge in [0.15, 0.2) is 0 Å². The quantitative estimate of drug-likeness (QED) is 0.810. The lowest BCUT2D eigenvalue weighted by molar-refractivity contribution is 0.204. The van der Waals surface area contributed by atoms with Gasteiger partial charge >= 0.3 is 6.03 Å². The van der Waals surface area contributed by atoms with Gasteiger partial charge in [-0.1, -0.05) is 30.3 Å². The molecule has 0 unspecified atom stereocenters. The highest BCUT2D eigenvalue weighted by Crippen LogP contribution is 2.19. The van der Waals surface area contributed by atoms with Gasteiger partial charge in [0, 0.05) is 19.3 Å². The zero-order valence-electron chi connectivity index (χ0n) is 11.6. The molecule has 0 aliphatic rings. The predicted molar refractivity (Wildman–Crippen MR) is 82.2 cm³/mol. The predicted octanol–water partition coefficient (Wildman–Crippen LogP) is 3.59. The van der Waals surface area contributed by atoms with E-state index in [2.05, 4.69) is 4.98 Å². The molecule has 0 fully saturated rings. The number of hydrogen-bond donors (Lipinski definition) is 0. The molecule has 2 rings (SSSR count). The van der Waals surface area contributed by atoms with Gasteiger partial charge in [-0.25, -0.2) is 14.3 Å². The van der Waals surface area contributed by atoms with Crippen molar-refractivity contribution in [2.24, 2.45) is 0 Å². The van der Waals surface area contributed by atoms with E-state index in [1.165, 1.54) is 4.57 Å². The van der Waals surface area contributed by atoms with Crippen molar-refractivity contribution in [1.82, 2.24) is 14.5 Å². The van der Waals surface area contributed by atoms with Crippen molar-refractivity contribution in [3.8, 4) is 11.3 Å². The van der Waals surface area contributed by atoms with Crippen LogP contribution in [0.3, 0.4) is 0 Å². The molecule has 20 heavy (non-hydrogen) atoms. The van der Waals surface area contributed by atoms with Crippen LogP contribution in [0.2, 0.25) is 0 Å². The lowest BCUT2D eigenvalue weighted by Gasteiger charge is -2.21. The first-order valence-corrected chi connectivity index (χ1v) is 7.02. The fraction of sp³-hybridized carbons (Fsp3) is 0.267. The average molecular weight is 287 g/mol. The van der Waals surface area contributed by atoms with Crippen molar-refractivity contribution in [2.45, 2.75) is 13.8 Å². The highest BCUT2D eigenvalue weighted by atomic mass is 32.1. The van der Waals surface area contributed by atoms with Crippen molar-refractivity contribution >= 4 is 18.2 Å². The van der Waals surface area contributed by atoms with Gasteiger partial charge < -0.3 is 4.90 Å². The van der Waals surface area contributed by atoms with E-state index >= 15 is 0 Å². The van der Waals surface area contributed by atoms with Gasteiger partial charge in [-0.2, -0.15) is 0 Å². The number of carbonyl (C=O) groups excluding carboxylic acids is 1. The molecule has 1 aromatic heterocycles. The highest BCUT2D eigenvalue weighted by Gasteiger charge is 2.16. The summed E-state index contributed by atoms with van der Waals surface area (Å²) in [6.07, 6.45) is 1.64. The summed E-state index contributed by atoms with van der Waals surface area (Å²) < 4.78 is 1.78. The van der Waals surface area contributed by atoms with Crippen molar-refractivity contribution in [3.63, 3.8) is 0 Å². The monoisotopic (exact) mass is 287 g/mol. The zero-order valence-corrected chi connectivity index (χ0v) is 12.4. The second-order valence-corrected chi connectivity index (χ2v) is 4.63. The minimum atomic E-state index is -0.132. The van der Waals surface area contributed by atoms with Crippen LogP contribution in [-0.2, 0) is 0 Å². The summed E-state index contributed by atoms with van der Waals surface area (Å²) in [4.78, 5) is 18.4. The Bertz CT molecular complexity index is 648.